The molecule has 0 saturated heterocycles. The molecule has 5 heteroatoms. The molecule has 0 aromatic heterocycles. The lowest BCUT2D eigenvalue weighted by atomic mass is 10.1. The van der Waals surface area contributed by atoms with E-state index in [1.54, 1.807) is 0 Å². The molecule has 0 fully saturated rings. The van der Waals surface area contributed by atoms with E-state index in [9.17, 15) is 4.79 Å². The van der Waals surface area contributed by atoms with Crippen LogP contribution in [0.1, 0.15) is 77.0 Å². The number of hydrogen-bond donors (Lipinski definition) is 4. The van der Waals surface area contributed by atoms with Crippen LogP contribution in [-0.4, -0.2) is 17.6 Å². The molecule has 0 radical (unpaired) electrons. The maximum absolute atomic E-state index is 10.3. The van der Waals surface area contributed by atoms with Gasteiger partial charge in [-0.1, -0.05) is 57.1 Å². The highest BCUT2D eigenvalue weighted by Crippen LogP contribution is 2.11. The summed E-state index contributed by atoms with van der Waals surface area (Å²) in [5, 5.41) is 8.51. The second-order valence-corrected chi connectivity index (χ2v) is 5.45. The van der Waals surface area contributed by atoms with Crippen molar-refractivity contribution >= 4 is 5.97 Å². The Bertz CT molecular complexity index is 258. The lowest BCUT2D eigenvalue weighted by Gasteiger charge is -2.01. The minimum atomic E-state index is -0.670. The van der Waals surface area contributed by atoms with Crippen molar-refractivity contribution in [3.05, 3.63) is 12.2 Å². The fraction of sp³-hybridized carbons (Fsp3) is 0.812. The minimum Gasteiger partial charge on any atom is -0.481 e. The molecular weight excluding hydrogens is 266 g/mol. The molecule has 0 aromatic rings. The summed E-state index contributed by atoms with van der Waals surface area (Å²) in [7, 11) is 0. The zero-order chi connectivity index (χ0) is 15.6. The molecular formula is C16H33N3O2. The summed E-state index contributed by atoms with van der Waals surface area (Å²) in [4.78, 5) is 10.3. The highest BCUT2D eigenvalue weighted by Gasteiger charge is 1.96. The Kier molecular flexibility index (Phi) is 16.4. The molecule has 0 aliphatic carbocycles. The SMILES string of the molecule is NNNCCC=CCCCCCCCCCCCC(=O)O. The molecule has 0 aliphatic heterocycles. The highest BCUT2D eigenvalue weighted by atomic mass is 16.4. The smallest absolute Gasteiger partial charge is 0.303 e. The van der Waals surface area contributed by atoms with Gasteiger partial charge in [-0.3, -0.25) is 10.6 Å². The normalized spacial score (nSPS) is 11.3. The second-order valence-electron chi connectivity index (χ2n) is 5.45. The lowest BCUT2D eigenvalue weighted by Crippen LogP contribution is -2.38. The summed E-state index contributed by atoms with van der Waals surface area (Å²) in [6, 6.07) is 0. The van der Waals surface area contributed by atoms with E-state index >= 15 is 0 Å². The predicted octanol–water partition coefficient (Wildman–Crippen LogP) is 3.28. The Morgan fingerprint density at radius 1 is 0.857 bits per heavy atom. The Balaban J connectivity index is 3.04. The number of carboxylic acid groups (broad SMARTS) is 1. The molecule has 0 unspecified atom stereocenters. The third-order valence-electron chi connectivity index (χ3n) is 3.47. The first-order valence-corrected chi connectivity index (χ1v) is 8.32. The maximum Gasteiger partial charge on any atom is 0.303 e. The maximum atomic E-state index is 10.3. The number of rotatable bonds is 16. The van der Waals surface area contributed by atoms with Gasteiger partial charge in [0.1, 0.15) is 0 Å². The van der Waals surface area contributed by atoms with Crippen molar-refractivity contribution in [3.8, 4) is 0 Å². The average molecular weight is 299 g/mol. The van der Waals surface area contributed by atoms with Gasteiger partial charge in [-0.2, -0.15) is 5.53 Å². The van der Waals surface area contributed by atoms with Gasteiger partial charge in [0.05, 0.1) is 0 Å². The van der Waals surface area contributed by atoms with Crippen molar-refractivity contribution in [3.63, 3.8) is 0 Å². The molecule has 0 heterocycles. The molecule has 0 saturated carbocycles. The van der Waals surface area contributed by atoms with Crippen LogP contribution < -0.4 is 16.8 Å². The fourth-order valence-corrected chi connectivity index (χ4v) is 2.24. The van der Waals surface area contributed by atoms with Crippen molar-refractivity contribution in [1.82, 2.24) is 11.0 Å². The van der Waals surface area contributed by atoms with E-state index in [0.29, 0.717) is 6.42 Å². The minimum absolute atomic E-state index is 0.326. The summed E-state index contributed by atoms with van der Waals surface area (Å²) < 4.78 is 0. The molecule has 124 valence electrons. The van der Waals surface area contributed by atoms with Gasteiger partial charge in [-0.25, -0.2) is 5.43 Å². The largest absolute Gasteiger partial charge is 0.481 e. The van der Waals surface area contributed by atoms with Crippen LogP contribution in [0.4, 0.5) is 0 Å². The first kappa shape index (κ1) is 20.1. The average Bonchev–Trinajstić information content (AvgIpc) is 2.46. The molecule has 0 aliphatic rings. The number of unbranched alkanes of at least 4 members (excludes halogenated alkanes) is 9. The fourth-order valence-electron chi connectivity index (χ4n) is 2.24. The van der Waals surface area contributed by atoms with E-state index in [1.165, 1.54) is 51.4 Å². The number of hydrazine groups is 2. The van der Waals surface area contributed by atoms with Gasteiger partial charge in [0.25, 0.3) is 0 Å². The monoisotopic (exact) mass is 299 g/mol. The number of nitrogens with one attached hydrogen (secondary N) is 2. The number of nitrogens with two attached hydrogens (primary N) is 1. The Morgan fingerprint density at radius 3 is 1.95 bits per heavy atom. The number of carboxylic acids is 1. The van der Waals surface area contributed by atoms with Crippen molar-refractivity contribution in [2.75, 3.05) is 6.54 Å². The first-order chi connectivity index (χ1) is 10.3. The van der Waals surface area contributed by atoms with Crippen molar-refractivity contribution in [2.24, 2.45) is 5.84 Å². The Hall–Kier alpha value is -0.910. The number of aliphatic carboxylic acids is 1. The molecule has 0 spiro atoms. The third-order valence-corrected chi connectivity index (χ3v) is 3.47. The van der Waals surface area contributed by atoms with Crippen LogP contribution >= 0.6 is 0 Å². The third kappa shape index (κ3) is 19.1. The summed E-state index contributed by atoms with van der Waals surface area (Å²) in [5.74, 6) is 4.42. The van der Waals surface area contributed by atoms with Gasteiger partial charge >= 0.3 is 5.97 Å². The van der Waals surface area contributed by atoms with Gasteiger partial charge in [0.2, 0.25) is 0 Å². The molecule has 0 rings (SSSR count). The van der Waals surface area contributed by atoms with E-state index in [4.69, 9.17) is 10.9 Å². The van der Waals surface area contributed by atoms with E-state index < -0.39 is 5.97 Å². The van der Waals surface area contributed by atoms with Gasteiger partial charge in [-0.05, 0) is 25.7 Å². The number of carbonyl (C=O) groups is 1. The van der Waals surface area contributed by atoms with Crippen LogP contribution in [0.2, 0.25) is 0 Å². The van der Waals surface area contributed by atoms with Crippen LogP contribution in [-0.2, 0) is 4.79 Å². The molecule has 0 atom stereocenters. The van der Waals surface area contributed by atoms with Crippen LogP contribution in [0.15, 0.2) is 12.2 Å². The van der Waals surface area contributed by atoms with Gasteiger partial charge in [-0.15, -0.1) is 0 Å². The molecule has 5 nitrogen and oxygen atoms in total. The number of hydrogen-bond acceptors (Lipinski definition) is 4. The topological polar surface area (TPSA) is 87.4 Å². The van der Waals surface area contributed by atoms with Crippen molar-refractivity contribution in [2.45, 2.75) is 77.0 Å². The van der Waals surface area contributed by atoms with Gasteiger partial charge < -0.3 is 5.11 Å². The van der Waals surface area contributed by atoms with E-state index in [-0.39, 0.29) is 0 Å². The van der Waals surface area contributed by atoms with Crippen LogP contribution in [0, 0.1) is 0 Å². The zero-order valence-corrected chi connectivity index (χ0v) is 13.3. The van der Waals surface area contributed by atoms with Crippen molar-refractivity contribution < 1.29 is 9.90 Å². The van der Waals surface area contributed by atoms with Crippen LogP contribution in [0.25, 0.3) is 0 Å². The Labute approximate surface area is 129 Å². The summed E-state index contributed by atoms with van der Waals surface area (Å²) in [6.07, 6.45) is 17.8. The predicted molar refractivity (Wildman–Crippen MR) is 87.5 cm³/mol. The molecule has 21 heavy (non-hydrogen) atoms. The lowest BCUT2D eigenvalue weighted by molar-refractivity contribution is -0.137. The van der Waals surface area contributed by atoms with Crippen LogP contribution in [0.3, 0.4) is 0 Å². The zero-order valence-electron chi connectivity index (χ0n) is 13.3. The van der Waals surface area contributed by atoms with Crippen molar-refractivity contribution in [1.29, 1.82) is 0 Å². The summed E-state index contributed by atoms with van der Waals surface area (Å²) in [5.41, 5.74) is 5.25. The standard InChI is InChI=1S/C16H33N3O2/c17-19-18-15-13-11-9-7-5-3-1-2-4-6-8-10-12-14-16(20)21/h9,11,18-19H,1-8,10,12-15,17H2,(H,20,21). The molecule has 0 bridgehead atoms. The first-order valence-electron chi connectivity index (χ1n) is 8.32. The van der Waals surface area contributed by atoms with Gasteiger partial charge in [0, 0.05) is 13.0 Å². The molecule has 0 amide bonds. The second kappa shape index (κ2) is 17.1. The molecule has 0 aromatic carbocycles. The summed E-state index contributed by atoms with van der Waals surface area (Å²) >= 11 is 0. The number of allylic oxidation sites excluding steroid dienone is 1. The quantitative estimate of drug-likeness (QED) is 0.152. The van der Waals surface area contributed by atoms with Crippen LogP contribution in [0.5, 0.6) is 0 Å². The van der Waals surface area contributed by atoms with E-state index in [2.05, 4.69) is 23.1 Å². The summed E-state index contributed by atoms with van der Waals surface area (Å²) in [6.45, 7) is 0.861. The van der Waals surface area contributed by atoms with Gasteiger partial charge in [0.15, 0.2) is 0 Å². The van der Waals surface area contributed by atoms with E-state index in [0.717, 1.165) is 25.8 Å². The van der Waals surface area contributed by atoms with E-state index in [1.807, 2.05) is 0 Å². The molecule has 5 N–H and O–H groups in total. The highest BCUT2D eigenvalue weighted by molar-refractivity contribution is 5.66. The Morgan fingerprint density at radius 2 is 1.38 bits per heavy atom.